The van der Waals surface area contributed by atoms with E-state index in [-0.39, 0.29) is 12.5 Å². The van der Waals surface area contributed by atoms with Crippen molar-refractivity contribution in [1.82, 2.24) is 15.3 Å². The van der Waals surface area contributed by atoms with Crippen molar-refractivity contribution in [1.29, 1.82) is 0 Å². The van der Waals surface area contributed by atoms with Crippen LogP contribution in [0.4, 0.5) is 0 Å². The van der Waals surface area contributed by atoms with Gasteiger partial charge < -0.3 is 15.4 Å². The average Bonchev–Trinajstić information content (AvgIpc) is 3.00. The lowest BCUT2D eigenvalue weighted by molar-refractivity contribution is 0.0916. The first-order chi connectivity index (χ1) is 10.6. The Hall–Kier alpha value is -2.37. The highest BCUT2D eigenvalue weighted by molar-refractivity contribution is 6.31. The number of aromatic nitrogens is 2. The van der Waals surface area contributed by atoms with Crippen LogP contribution in [0.1, 0.15) is 22.0 Å². The van der Waals surface area contributed by atoms with Crippen LogP contribution in [0.15, 0.2) is 48.8 Å². The van der Waals surface area contributed by atoms with Gasteiger partial charge in [-0.2, -0.15) is 0 Å². The largest absolute Gasteiger partial charge is 0.387 e. The van der Waals surface area contributed by atoms with Crippen LogP contribution < -0.4 is 5.32 Å². The number of aliphatic hydroxyl groups is 1. The lowest BCUT2D eigenvalue weighted by atomic mass is 10.1. The van der Waals surface area contributed by atoms with Gasteiger partial charge in [-0.15, -0.1) is 0 Å². The summed E-state index contributed by atoms with van der Waals surface area (Å²) in [5.74, 6) is -0.261. The second kappa shape index (κ2) is 6.17. The zero-order valence-electron chi connectivity index (χ0n) is 11.6. The number of nitrogens with zero attached hydrogens (tertiary/aromatic N) is 1. The minimum atomic E-state index is -0.853. The predicted molar refractivity (Wildman–Crippen MR) is 84.8 cm³/mol. The summed E-state index contributed by atoms with van der Waals surface area (Å²) in [4.78, 5) is 19.2. The number of fused-ring (bicyclic) bond motifs is 1. The van der Waals surface area contributed by atoms with Gasteiger partial charge in [-0.05, 0) is 24.3 Å². The maximum absolute atomic E-state index is 12.1. The Labute approximate surface area is 132 Å². The molecule has 0 saturated heterocycles. The number of amides is 1. The van der Waals surface area contributed by atoms with Crippen LogP contribution in [-0.2, 0) is 0 Å². The minimum absolute atomic E-state index is 0.0869. The van der Waals surface area contributed by atoms with Crippen LogP contribution in [0.3, 0.4) is 0 Å². The number of aromatic amines is 1. The van der Waals surface area contributed by atoms with Gasteiger partial charge in [0, 0.05) is 22.7 Å². The van der Waals surface area contributed by atoms with Crippen LogP contribution in [0.5, 0.6) is 0 Å². The molecular weight excluding hydrogens is 302 g/mol. The Morgan fingerprint density at radius 3 is 2.95 bits per heavy atom. The number of hydrogen-bond donors (Lipinski definition) is 3. The van der Waals surface area contributed by atoms with Crippen LogP contribution in [0.2, 0.25) is 5.02 Å². The molecule has 1 aromatic heterocycles. The van der Waals surface area contributed by atoms with Gasteiger partial charge in [0.15, 0.2) is 0 Å². The van der Waals surface area contributed by atoms with Crippen LogP contribution in [0, 0.1) is 0 Å². The van der Waals surface area contributed by atoms with Gasteiger partial charge >= 0.3 is 0 Å². The normalized spacial score (nSPS) is 12.3. The van der Waals surface area contributed by atoms with Gasteiger partial charge in [0.2, 0.25) is 0 Å². The van der Waals surface area contributed by atoms with E-state index in [1.54, 1.807) is 48.8 Å². The van der Waals surface area contributed by atoms with Crippen molar-refractivity contribution in [2.24, 2.45) is 0 Å². The van der Waals surface area contributed by atoms with Crippen molar-refractivity contribution in [3.63, 3.8) is 0 Å². The minimum Gasteiger partial charge on any atom is -0.387 e. The third kappa shape index (κ3) is 2.95. The van der Waals surface area contributed by atoms with E-state index in [4.69, 9.17) is 11.6 Å². The van der Waals surface area contributed by atoms with E-state index in [0.29, 0.717) is 16.1 Å². The first-order valence-corrected chi connectivity index (χ1v) is 7.17. The molecule has 2 aromatic carbocycles. The molecule has 22 heavy (non-hydrogen) atoms. The second-order valence-electron chi connectivity index (χ2n) is 4.88. The van der Waals surface area contributed by atoms with Crippen LogP contribution in [0.25, 0.3) is 11.0 Å². The molecule has 3 rings (SSSR count). The summed E-state index contributed by atoms with van der Waals surface area (Å²) in [5, 5.41) is 13.3. The van der Waals surface area contributed by atoms with Gasteiger partial charge in [0.05, 0.1) is 23.5 Å². The molecule has 0 aliphatic carbocycles. The van der Waals surface area contributed by atoms with Gasteiger partial charge in [0.1, 0.15) is 0 Å². The molecule has 1 unspecified atom stereocenters. The number of hydrogen-bond acceptors (Lipinski definition) is 3. The molecule has 0 fully saturated rings. The fraction of sp³-hybridized carbons (Fsp3) is 0.125. The number of benzene rings is 2. The molecule has 5 nitrogen and oxygen atoms in total. The summed E-state index contributed by atoms with van der Waals surface area (Å²) in [7, 11) is 0. The molecule has 0 radical (unpaired) electrons. The van der Waals surface area contributed by atoms with Crippen molar-refractivity contribution >= 4 is 28.5 Å². The Balaban J connectivity index is 1.68. The first kappa shape index (κ1) is 14.6. The topological polar surface area (TPSA) is 78.0 Å². The van der Waals surface area contributed by atoms with E-state index in [2.05, 4.69) is 15.3 Å². The Morgan fingerprint density at radius 1 is 1.32 bits per heavy atom. The smallest absolute Gasteiger partial charge is 0.251 e. The molecule has 1 atom stereocenters. The standard InChI is InChI=1S/C16H14ClN3O2/c17-12-4-2-1-3-11(12)15(21)8-18-16(22)10-5-6-13-14(7-10)20-9-19-13/h1-7,9,15,21H,8H2,(H,18,22)(H,19,20). The van der Waals surface area contributed by atoms with E-state index in [1.807, 2.05) is 0 Å². The average molecular weight is 316 g/mol. The molecule has 0 aliphatic rings. The molecular formula is C16H14ClN3O2. The third-order valence-electron chi connectivity index (χ3n) is 3.40. The van der Waals surface area contributed by atoms with E-state index in [1.165, 1.54) is 0 Å². The van der Waals surface area contributed by atoms with Gasteiger partial charge in [-0.3, -0.25) is 4.79 Å². The van der Waals surface area contributed by atoms with Crippen LogP contribution >= 0.6 is 11.6 Å². The van der Waals surface area contributed by atoms with Crippen molar-refractivity contribution < 1.29 is 9.90 Å². The molecule has 0 saturated carbocycles. The van der Waals surface area contributed by atoms with Crippen molar-refractivity contribution in [3.05, 3.63) is 64.9 Å². The highest BCUT2D eigenvalue weighted by Crippen LogP contribution is 2.22. The highest BCUT2D eigenvalue weighted by atomic mass is 35.5. The van der Waals surface area contributed by atoms with Crippen LogP contribution in [-0.4, -0.2) is 27.5 Å². The lowest BCUT2D eigenvalue weighted by Crippen LogP contribution is -2.28. The van der Waals surface area contributed by atoms with Crippen molar-refractivity contribution in [3.8, 4) is 0 Å². The molecule has 0 aliphatic heterocycles. The Kier molecular flexibility index (Phi) is 4.09. The maximum Gasteiger partial charge on any atom is 0.251 e. The van der Waals surface area contributed by atoms with Gasteiger partial charge in [-0.1, -0.05) is 29.8 Å². The molecule has 3 N–H and O–H groups in total. The summed E-state index contributed by atoms with van der Waals surface area (Å²) >= 11 is 6.02. The lowest BCUT2D eigenvalue weighted by Gasteiger charge is -2.13. The second-order valence-corrected chi connectivity index (χ2v) is 5.29. The van der Waals surface area contributed by atoms with E-state index in [0.717, 1.165) is 11.0 Å². The Bertz CT molecular complexity index is 816. The number of carbonyl (C=O) groups excluding carboxylic acids is 1. The molecule has 3 aromatic rings. The first-order valence-electron chi connectivity index (χ1n) is 6.79. The van der Waals surface area contributed by atoms with E-state index < -0.39 is 6.10 Å². The van der Waals surface area contributed by atoms with Crippen molar-refractivity contribution in [2.45, 2.75) is 6.10 Å². The zero-order chi connectivity index (χ0) is 15.5. The summed E-state index contributed by atoms with van der Waals surface area (Å²) in [5.41, 5.74) is 2.68. The number of aliphatic hydroxyl groups excluding tert-OH is 1. The number of halogens is 1. The molecule has 1 heterocycles. The summed E-state index contributed by atoms with van der Waals surface area (Å²) < 4.78 is 0. The van der Waals surface area contributed by atoms with Gasteiger partial charge in [-0.25, -0.2) is 4.98 Å². The van der Waals surface area contributed by atoms with Crippen molar-refractivity contribution in [2.75, 3.05) is 6.54 Å². The quantitative estimate of drug-likeness (QED) is 0.692. The third-order valence-corrected chi connectivity index (χ3v) is 3.75. The number of nitrogens with one attached hydrogen (secondary N) is 2. The Morgan fingerprint density at radius 2 is 2.14 bits per heavy atom. The fourth-order valence-corrected chi connectivity index (χ4v) is 2.49. The molecule has 6 heteroatoms. The maximum atomic E-state index is 12.1. The summed E-state index contributed by atoms with van der Waals surface area (Å²) in [6.45, 7) is 0.0869. The summed E-state index contributed by atoms with van der Waals surface area (Å²) in [6, 6.07) is 12.2. The monoisotopic (exact) mass is 315 g/mol. The SMILES string of the molecule is O=C(NCC(O)c1ccccc1Cl)c1ccc2nc[nH]c2c1. The van der Waals surface area contributed by atoms with E-state index in [9.17, 15) is 9.90 Å². The molecule has 112 valence electrons. The van der Waals surface area contributed by atoms with E-state index >= 15 is 0 Å². The number of rotatable bonds is 4. The number of carbonyl (C=O) groups is 1. The summed E-state index contributed by atoms with van der Waals surface area (Å²) in [6.07, 6.45) is 0.724. The highest BCUT2D eigenvalue weighted by Gasteiger charge is 2.13. The molecule has 1 amide bonds. The fourth-order valence-electron chi connectivity index (χ4n) is 2.22. The number of imidazole rings is 1. The van der Waals surface area contributed by atoms with Gasteiger partial charge in [0.25, 0.3) is 5.91 Å². The zero-order valence-corrected chi connectivity index (χ0v) is 12.3. The molecule has 0 bridgehead atoms. The number of H-pyrrole nitrogens is 1. The molecule has 0 spiro atoms. The predicted octanol–water partition coefficient (Wildman–Crippen LogP) is 2.68.